The van der Waals surface area contributed by atoms with Crippen molar-refractivity contribution in [2.45, 2.75) is 0 Å². The van der Waals surface area contributed by atoms with E-state index in [1.165, 1.54) is 18.4 Å². The van der Waals surface area contributed by atoms with Gasteiger partial charge in [-0.05, 0) is 35.0 Å². The van der Waals surface area contributed by atoms with Crippen molar-refractivity contribution in [3.05, 3.63) is 66.1 Å². The zero-order chi connectivity index (χ0) is 14.8. The van der Waals surface area contributed by atoms with Crippen molar-refractivity contribution in [2.75, 3.05) is 5.32 Å². The molecule has 104 valence electrons. The summed E-state index contributed by atoms with van der Waals surface area (Å²) < 4.78 is 5.00. The maximum atomic E-state index is 12.0. The van der Waals surface area contributed by atoms with Gasteiger partial charge in [0.25, 0.3) is 5.91 Å². The van der Waals surface area contributed by atoms with Crippen LogP contribution in [0.15, 0.2) is 59.2 Å². The predicted molar refractivity (Wildman–Crippen MR) is 77.6 cm³/mol. The summed E-state index contributed by atoms with van der Waals surface area (Å²) in [6.45, 7) is 0. The lowest BCUT2D eigenvalue weighted by atomic mass is 10.0. The molecule has 0 spiro atoms. The van der Waals surface area contributed by atoms with Gasteiger partial charge in [0.1, 0.15) is 0 Å². The van der Waals surface area contributed by atoms with Crippen LogP contribution in [0.1, 0.15) is 20.9 Å². The molecule has 0 fully saturated rings. The van der Waals surface area contributed by atoms with E-state index in [2.05, 4.69) is 5.32 Å². The Morgan fingerprint density at radius 3 is 2.33 bits per heavy atom. The standard InChI is InChI=1S/C16H11NO4/c18-15(14-6-3-7-21-14)17-13-9-11-5-2-1-4-10(11)8-12(13)16(19)20/h1-9H,(H,17,18)(H,19,20). The van der Waals surface area contributed by atoms with Crippen molar-refractivity contribution in [1.29, 1.82) is 0 Å². The second-order valence-electron chi connectivity index (χ2n) is 4.48. The molecule has 0 saturated heterocycles. The highest BCUT2D eigenvalue weighted by atomic mass is 16.4. The third kappa shape index (κ3) is 2.49. The van der Waals surface area contributed by atoms with Crippen molar-refractivity contribution < 1.29 is 19.1 Å². The van der Waals surface area contributed by atoms with Crippen LogP contribution in [0.25, 0.3) is 10.8 Å². The van der Waals surface area contributed by atoms with E-state index in [0.29, 0.717) is 0 Å². The highest BCUT2D eigenvalue weighted by Gasteiger charge is 2.16. The molecule has 3 aromatic rings. The van der Waals surface area contributed by atoms with Crippen LogP contribution in [0.2, 0.25) is 0 Å². The van der Waals surface area contributed by atoms with E-state index < -0.39 is 11.9 Å². The van der Waals surface area contributed by atoms with Crippen LogP contribution < -0.4 is 5.32 Å². The number of anilines is 1. The highest BCUT2D eigenvalue weighted by molar-refractivity contribution is 6.08. The Morgan fingerprint density at radius 2 is 1.71 bits per heavy atom. The first-order chi connectivity index (χ1) is 10.1. The number of amides is 1. The Balaban J connectivity index is 2.05. The molecule has 5 heteroatoms. The number of aromatic carboxylic acids is 1. The number of carboxylic acid groups (broad SMARTS) is 1. The maximum absolute atomic E-state index is 12.0. The molecular formula is C16H11NO4. The van der Waals surface area contributed by atoms with Gasteiger partial charge in [0.05, 0.1) is 17.5 Å². The van der Waals surface area contributed by atoms with Crippen LogP contribution in [-0.2, 0) is 0 Å². The Bertz CT molecular complexity index is 821. The fraction of sp³-hybridized carbons (Fsp3) is 0. The summed E-state index contributed by atoms with van der Waals surface area (Å²) in [5, 5.41) is 13.5. The van der Waals surface area contributed by atoms with Gasteiger partial charge in [-0.25, -0.2) is 4.79 Å². The minimum atomic E-state index is -1.10. The van der Waals surface area contributed by atoms with Gasteiger partial charge in [-0.2, -0.15) is 0 Å². The Hall–Kier alpha value is -3.08. The fourth-order valence-corrected chi connectivity index (χ4v) is 2.11. The van der Waals surface area contributed by atoms with Gasteiger partial charge >= 0.3 is 5.97 Å². The second kappa shape index (κ2) is 5.13. The van der Waals surface area contributed by atoms with Gasteiger partial charge in [0.15, 0.2) is 5.76 Å². The number of carboxylic acids is 1. The molecule has 1 aromatic heterocycles. The summed E-state index contributed by atoms with van der Waals surface area (Å²) in [6, 6.07) is 13.6. The molecule has 0 aliphatic rings. The first-order valence-electron chi connectivity index (χ1n) is 6.26. The smallest absolute Gasteiger partial charge is 0.337 e. The number of fused-ring (bicyclic) bond motifs is 1. The molecule has 21 heavy (non-hydrogen) atoms. The molecule has 0 aliphatic heterocycles. The molecule has 5 nitrogen and oxygen atoms in total. The molecule has 1 amide bonds. The molecule has 0 aliphatic carbocycles. The molecule has 0 unspecified atom stereocenters. The minimum absolute atomic E-state index is 0.0357. The lowest BCUT2D eigenvalue weighted by Crippen LogP contribution is -2.14. The third-order valence-corrected chi connectivity index (χ3v) is 3.11. The van der Waals surface area contributed by atoms with Gasteiger partial charge in [-0.3, -0.25) is 4.79 Å². The van der Waals surface area contributed by atoms with Crippen LogP contribution in [0.3, 0.4) is 0 Å². The number of furan rings is 1. The molecule has 0 radical (unpaired) electrons. The lowest BCUT2D eigenvalue weighted by molar-refractivity contribution is 0.0698. The Morgan fingerprint density at radius 1 is 1.00 bits per heavy atom. The summed E-state index contributed by atoms with van der Waals surface area (Å²) in [7, 11) is 0. The quantitative estimate of drug-likeness (QED) is 0.771. The largest absolute Gasteiger partial charge is 0.478 e. The SMILES string of the molecule is O=C(Nc1cc2ccccc2cc1C(=O)O)c1ccco1. The van der Waals surface area contributed by atoms with Gasteiger partial charge < -0.3 is 14.8 Å². The second-order valence-corrected chi connectivity index (χ2v) is 4.48. The first kappa shape index (κ1) is 12.9. The number of rotatable bonds is 3. The van der Waals surface area contributed by atoms with E-state index in [-0.39, 0.29) is 17.0 Å². The van der Waals surface area contributed by atoms with Crippen molar-refractivity contribution in [3.63, 3.8) is 0 Å². The molecule has 0 bridgehead atoms. The van der Waals surface area contributed by atoms with E-state index in [1.807, 2.05) is 24.3 Å². The number of carbonyl (C=O) groups is 2. The maximum Gasteiger partial charge on any atom is 0.337 e. The third-order valence-electron chi connectivity index (χ3n) is 3.11. The average Bonchev–Trinajstić information content (AvgIpc) is 3.00. The summed E-state index contributed by atoms with van der Waals surface area (Å²) in [5.74, 6) is -1.47. The lowest BCUT2D eigenvalue weighted by Gasteiger charge is -2.09. The summed E-state index contributed by atoms with van der Waals surface area (Å²) in [4.78, 5) is 23.3. The van der Waals surface area contributed by atoms with E-state index >= 15 is 0 Å². The molecule has 1 heterocycles. The van der Waals surface area contributed by atoms with Gasteiger partial charge in [-0.1, -0.05) is 24.3 Å². The van der Waals surface area contributed by atoms with E-state index in [1.54, 1.807) is 12.1 Å². The molecule has 2 N–H and O–H groups in total. The van der Waals surface area contributed by atoms with Crippen LogP contribution in [0.5, 0.6) is 0 Å². The normalized spacial score (nSPS) is 10.5. The minimum Gasteiger partial charge on any atom is -0.478 e. The summed E-state index contributed by atoms with van der Waals surface area (Å²) in [6.07, 6.45) is 1.38. The summed E-state index contributed by atoms with van der Waals surface area (Å²) in [5.41, 5.74) is 0.274. The van der Waals surface area contributed by atoms with Crippen molar-refractivity contribution in [3.8, 4) is 0 Å². The average molecular weight is 281 g/mol. The van der Waals surface area contributed by atoms with Crippen molar-refractivity contribution in [1.82, 2.24) is 0 Å². The Kier molecular flexibility index (Phi) is 3.16. The Labute approximate surface area is 119 Å². The molecule has 2 aromatic carbocycles. The van der Waals surface area contributed by atoms with Crippen LogP contribution in [-0.4, -0.2) is 17.0 Å². The van der Waals surface area contributed by atoms with Gasteiger partial charge in [-0.15, -0.1) is 0 Å². The number of hydrogen-bond acceptors (Lipinski definition) is 3. The van der Waals surface area contributed by atoms with E-state index in [0.717, 1.165) is 10.8 Å². The van der Waals surface area contributed by atoms with Crippen molar-refractivity contribution >= 4 is 28.3 Å². The first-order valence-corrected chi connectivity index (χ1v) is 6.26. The topological polar surface area (TPSA) is 79.5 Å². The van der Waals surface area contributed by atoms with Crippen LogP contribution in [0, 0.1) is 0 Å². The highest BCUT2D eigenvalue weighted by Crippen LogP contribution is 2.24. The van der Waals surface area contributed by atoms with Gasteiger partial charge in [0.2, 0.25) is 0 Å². The number of carbonyl (C=O) groups excluding carboxylic acids is 1. The number of hydrogen-bond donors (Lipinski definition) is 2. The molecular weight excluding hydrogens is 270 g/mol. The molecule has 3 rings (SSSR count). The van der Waals surface area contributed by atoms with E-state index in [9.17, 15) is 14.7 Å². The number of nitrogens with one attached hydrogen (secondary N) is 1. The molecule has 0 saturated carbocycles. The predicted octanol–water partition coefficient (Wildman–Crippen LogP) is 3.38. The zero-order valence-corrected chi connectivity index (χ0v) is 10.9. The zero-order valence-electron chi connectivity index (χ0n) is 10.9. The monoisotopic (exact) mass is 281 g/mol. The van der Waals surface area contributed by atoms with Gasteiger partial charge in [0, 0.05) is 0 Å². The number of benzene rings is 2. The van der Waals surface area contributed by atoms with Crippen LogP contribution >= 0.6 is 0 Å². The van der Waals surface area contributed by atoms with Crippen molar-refractivity contribution in [2.24, 2.45) is 0 Å². The summed E-state index contributed by atoms with van der Waals surface area (Å²) >= 11 is 0. The van der Waals surface area contributed by atoms with Crippen LogP contribution in [0.4, 0.5) is 5.69 Å². The fourth-order valence-electron chi connectivity index (χ4n) is 2.11. The molecule has 0 atom stereocenters. The van der Waals surface area contributed by atoms with E-state index in [4.69, 9.17) is 4.42 Å².